The molecule has 1 unspecified atom stereocenters. The molecule has 3 aromatic carbocycles. The minimum Gasteiger partial charge on any atom is -0.399 e. The molecule has 5 fully saturated rings. The van der Waals surface area contributed by atoms with Crippen LogP contribution in [0.5, 0.6) is 0 Å². The topological polar surface area (TPSA) is 58.9 Å². The van der Waals surface area contributed by atoms with Crippen molar-refractivity contribution in [3.8, 4) is 11.1 Å². The predicted octanol–water partition coefficient (Wildman–Crippen LogP) is 6.30. The average Bonchev–Trinajstić information content (AvgIpc) is 3.13. The van der Waals surface area contributed by atoms with Gasteiger partial charge >= 0.3 is 7.12 Å². The third kappa shape index (κ3) is 4.20. The highest BCUT2D eigenvalue weighted by atomic mass is 16.7. The minimum atomic E-state index is -0.827. The smallest absolute Gasteiger partial charge is 0.399 e. The van der Waals surface area contributed by atoms with Crippen molar-refractivity contribution in [3.05, 3.63) is 65.7 Å². The van der Waals surface area contributed by atoms with E-state index >= 15 is 0 Å². The maximum absolute atomic E-state index is 10.8. The molecule has 1 heterocycles. The highest BCUT2D eigenvalue weighted by Crippen LogP contribution is 2.61. The van der Waals surface area contributed by atoms with E-state index in [9.17, 15) is 10.2 Å². The Labute approximate surface area is 232 Å². The number of benzene rings is 3. The molecular weight excluding hydrogens is 483 g/mol. The predicted molar refractivity (Wildman–Crippen MR) is 157 cm³/mol. The zero-order chi connectivity index (χ0) is 27.2. The van der Waals surface area contributed by atoms with Crippen LogP contribution in [0, 0.1) is 17.8 Å². The zero-order valence-electron chi connectivity index (χ0n) is 23.7. The van der Waals surface area contributed by atoms with Gasteiger partial charge in [-0.15, -0.1) is 0 Å². The van der Waals surface area contributed by atoms with Gasteiger partial charge in [0.15, 0.2) is 0 Å². The normalized spacial score (nSPS) is 31.2. The Morgan fingerprint density at radius 3 is 1.92 bits per heavy atom. The van der Waals surface area contributed by atoms with Crippen LogP contribution < -0.4 is 5.46 Å². The van der Waals surface area contributed by atoms with Crippen LogP contribution >= 0.6 is 0 Å². The first-order valence-electron chi connectivity index (χ1n) is 14.9. The molecule has 204 valence electrons. The van der Waals surface area contributed by atoms with E-state index in [4.69, 9.17) is 9.31 Å². The van der Waals surface area contributed by atoms with Gasteiger partial charge in [-0.25, -0.2) is 0 Å². The Hall–Kier alpha value is -2.18. The number of aliphatic hydroxyl groups excluding tert-OH is 2. The molecule has 39 heavy (non-hydrogen) atoms. The van der Waals surface area contributed by atoms with Gasteiger partial charge in [-0.1, -0.05) is 48.5 Å². The van der Waals surface area contributed by atoms with Crippen molar-refractivity contribution in [2.45, 2.75) is 88.9 Å². The summed E-state index contributed by atoms with van der Waals surface area (Å²) in [5, 5.41) is 23.1. The molecule has 4 aliphatic carbocycles. The fourth-order valence-electron chi connectivity index (χ4n) is 8.59. The van der Waals surface area contributed by atoms with E-state index in [1.807, 2.05) is 0 Å². The van der Waals surface area contributed by atoms with Crippen molar-refractivity contribution in [1.29, 1.82) is 0 Å². The van der Waals surface area contributed by atoms with E-state index in [1.54, 1.807) is 0 Å². The Morgan fingerprint density at radius 1 is 0.769 bits per heavy atom. The van der Waals surface area contributed by atoms with E-state index in [2.05, 4.69) is 82.3 Å². The summed E-state index contributed by atoms with van der Waals surface area (Å²) >= 11 is 0. The van der Waals surface area contributed by atoms with Gasteiger partial charge in [0.2, 0.25) is 0 Å². The van der Waals surface area contributed by atoms with Gasteiger partial charge in [0.25, 0.3) is 0 Å². The molecule has 0 amide bonds. The third-order valence-electron chi connectivity index (χ3n) is 10.9. The Balaban J connectivity index is 1.24. The van der Waals surface area contributed by atoms with Gasteiger partial charge in [-0.2, -0.15) is 0 Å². The minimum absolute atomic E-state index is 0.144. The summed E-state index contributed by atoms with van der Waals surface area (Å²) in [4.78, 5) is 0. The van der Waals surface area contributed by atoms with E-state index in [-0.39, 0.29) is 30.3 Å². The van der Waals surface area contributed by atoms with Crippen LogP contribution in [0.25, 0.3) is 21.9 Å². The first-order chi connectivity index (χ1) is 18.6. The molecule has 1 saturated heterocycles. The highest BCUT2D eigenvalue weighted by Gasteiger charge is 2.53. The molecule has 0 spiro atoms. The third-order valence-corrected chi connectivity index (χ3v) is 10.9. The zero-order valence-corrected chi connectivity index (χ0v) is 23.7. The van der Waals surface area contributed by atoms with Crippen LogP contribution in [-0.4, -0.2) is 35.1 Å². The van der Waals surface area contributed by atoms with Crippen LogP contribution in [0.1, 0.15) is 83.5 Å². The lowest BCUT2D eigenvalue weighted by Crippen LogP contribution is -2.49. The molecule has 4 bridgehead atoms. The lowest BCUT2D eigenvalue weighted by atomic mass is 9.47. The van der Waals surface area contributed by atoms with Crippen LogP contribution in [-0.2, 0) is 14.7 Å². The quantitative estimate of drug-likeness (QED) is 0.385. The van der Waals surface area contributed by atoms with Gasteiger partial charge < -0.3 is 19.5 Å². The molecule has 5 aliphatic rings. The van der Waals surface area contributed by atoms with E-state index in [1.165, 1.54) is 66.0 Å². The fraction of sp³-hybridized carbons (Fsp3) is 0.529. The maximum Gasteiger partial charge on any atom is 0.494 e. The summed E-state index contributed by atoms with van der Waals surface area (Å²) in [6, 6.07) is 19.7. The van der Waals surface area contributed by atoms with Crippen molar-refractivity contribution < 1.29 is 19.5 Å². The molecule has 2 N–H and O–H groups in total. The molecule has 5 heteroatoms. The van der Waals surface area contributed by atoms with Crippen LogP contribution in [0.3, 0.4) is 0 Å². The van der Waals surface area contributed by atoms with Gasteiger partial charge in [-0.3, -0.25) is 0 Å². The maximum atomic E-state index is 10.8. The van der Waals surface area contributed by atoms with Crippen LogP contribution in [0.2, 0.25) is 0 Å². The van der Waals surface area contributed by atoms with E-state index in [0.717, 1.165) is 28.8 Å². The summed E-state index contributed by atoms with van der Waals surface area (Å²) in [6.45, 7) is 8.11. The summed E-state index contributed by atoms with van der Waals surface area (Å²) in [5.41, 5.74) is 5.05. The molecule has 0 radical (unpaired) electrons. The summed E-state index contributed by atoms with van der Waals surface area (Å²) in [6.07, 6.45) is 7.01. The number of rotatable bonds is 5. The number of hydrogen-bond acceptors (Lipinski definition) is 4. The van der Waals surface area contributed by atoms with Crippen molar-refractivity contribution >= 4 is 23.4 Å². The molecule has 4 nitrogen and oxygen atoms in total. The molecular formula is C34H41BO4. The van der Waals surface area contributed by atoms with Crippen molar-refractivity contribution in [2.75, 3.05) is 6.61 Å². The number of aliphatic hydroxyl groups is 2. The largest absolute Gasteiger partial charge is 0.494 e. The lowest BCUT2D eigenvalue weighted by Gasteiger charge is -2.57. The molecule has 0 aromatic heterocycles. The first kappa shape index (κ1) is 25.8. The van der Waals surface area contributed by atoms with Crippen molar-refractivity contribution in [1.82, 2.24) is 0 Å². The fourth-order valence-corrected chi connectivity index (χ4v) is 8.59. The second-order valence-electron chi connectivity index (χ2n) is 14.1. The van der Waals surface area contributed by atoms with Crippen LogP contribution in [0.4, 0.5) is 0 Å². The monoisotopic (exact) mass is 524 g/mol. The SMILES string of the molecule is CC1(C)OB(c2ccc3cc(-c4ccc(C(O)CO)c(C56CC7CC(CC(C7)C5)C6)c4)ccc3c2)OC1(C)C. The number of hydrogen-bond donors (Lipinski definition) is 2. The molecule has 8 rings (SSSR count). The summed E-state index contributed by atoms with van der Waals surface area (Å²) in [5.74, 6) is 2.45. The van der Waals surface area contributed by atoms with Gasteiger partial charge in [0, 0.05) is 0 Å². The van der Waals surface area contributed by atoms with Gasteiger partial charge in [0.1, 0.15) is 6.10 Å². The van der Waals surface area contributed by atoms with Crippen molar-refractivity contribution in [2.24, 2.45) is 17.8 Å². The Morgan fingerprint density at radius 2 is 1.31 bits per heavy atom. The standard InChI is InChI=1S/C34H41BO4/c1-32(2)33(3,4)39-35(38-32)28-9-7-25-14-24(5-6-26(25)15-28)27-8-10-29(31(37)20-36)30(16-27)34-17-21-11-22(18-34)13-23(12-21)19-34/h5-10,14-16,21-23,31,36-37H,11-13,17-20H2,1-4H3. The van der Waals surface area contributed by atoms with Crippen molar-refractivity contribution in [3.63, 3.8) is 0 Å². The molecule has 3 aromatic rings. The van der Waals surface area contributed by atoms with Gasteiger partial charge in [-0.05, 0) is 134 Å². The molecule has 1 aliphatic heterocycles. The molecule has 1 atom stereocenters. The highest BCUT2D eigenvalue weighted by molar-refractivity contribution is 6.62. The lowest BCUT2D eigenvalue weighted by molar-refractivity contribution is -0.00727. The first-order valence-corrected chi connectivity index (χ1v) is 14.9. The molecule has 4 saturated carbocycles. The van der Waals surface area contributed by atoms with E-state index < -0.39 is 6.10 Å². The van der Waals surface area contributed by atoms with Gasteiger partial charge in [0.05, 0.1) is 17.8 Å². The average molecular weight is 525 g/mol. The number of fused-ring (bicyclic) bond motifs is 1. The second-order valence-corrected chi connectivity index (χ2v) is 14.1. The van der Waals surface area contributed by atoms with Crippen LogP contribution in [0.15, 0.2) is 54.6 Å². The Bertz CT molecular complexity index is 1370. The Kier molecular flexibility index (Phi) is 5.89. The van der Waals surface area contributed by atoms with E-state index in [0.29, 0.717) is 0 Å². The summed E-state index contributed by atoms with van der Waals surface area (Å²) < 4.78 is 12.6. The summed E-state index contributed by atoms with van der Waals surface area (Å²) in [7, 11) is -0.368. The second kappa shape index (κ2) is 8.91.